The van der Waals surface area contributed by atoms with Crippen LogP contribution in [0.25, 0.3) is 0 Å². The minimum absolute atomic E-state index is 0.0497. The van der Waals surface area contributed by atoms with Crippen LogP contribution in [0.1, 0.15) is 27.8 Å². The lowest BCUT2D eigenvalue weighted by atomic mass is 10.1. The standard InChI is InChI=1S/C19H22N6O/c1-23-9-8-22-18(23)17-12-20-7-11-25(17)19(26)16-4-2-15(3-5-16)13-24-10-6-21-14-24/h2-6,8-10,14,17,20H,7,11-13H2,1H3. The highest BCUT2D eigenvalue weighted by atomic mass is 16.2. The van der Waals surface area contributed by atoms with Gasteiger partial charge in [0.1, 0.15) is 11.9 Å². The molecule has 1 aromatic carbocycles. The molecule has 1 atom stereocenters. The van der Waals surface area contributed by atoms with Crippen molar-refractivity contribution in [2.24, 2.45) is 7.05 Å². The molecule has 0 spiro atoms. The molecule has 1 aliphatic rings. The van der Waals surface area contributed by atoms with Gasteiger partial charge in [-0.3, -0.25) is 4.79 Å². The molecule has 0 saturated carbocycles. The van der Waals surface area contributed by atoms with E-state index in [0.717, 1.165) is 31.0 Å². The van der Waals surface area contributed by atoms with E-state index in [2.05, 4.69) is 15.3 Å². The van der Waals surface area contributed by atoms with Gasteiger partial charge in [0.25, 0.3) is 5.91 Å². The van der Waals surface area contributed by atoms with Gasteiger partial charge in [0.15, 0.2) is 0 Å². The summed E-state index contributed by atoms with van der Waals surface area (Å²) in [4.78, 5) is 23.5. The number of piperazine rings is 1. The topological polar surface area (TPSA) is 68.0 Å². The Labute approximate surface area is 152 Å². The quantitative estimate of drug-likeness (QED) is 0.773. The lowest BCUT2D eigenvalue weighted by molar-refractivity contribution is 0.0621. The molecule has 4 rings (SSSR count). The second-order valence-electron chi connectivity index (χ2n) is 6.55. The number of nitrogens with zero attached hydrogens (tertiary/aromatic N) is 5. The maximum atomic E-state index is 13.1. The van der Waals surface area contributed by atoms with Crippen LogP contribution in [-0.4, -0.2) is 49.5 Å². The van der Waals surface area contributed by atoms with E-state index in [1.807, 2.05) is 57.7 Å². The monoisotopic (exact) mass is 350 g/mol. The average Bonchev–Trinajstić information content (AvgIpc) is 3.33. The molecule has 1 amide bonds. The van der Waals surface area contributed by atoms with E-state index in [0.29, 0.717) is 12.1 Å². The fourth-order valence-electron chi connectivity index (χ4n) is 3.39. The van der Waals surface area contributed by atoms with Crippen molar-refractivity contribution < 1.29 is 4.79 Å². The lowest BCUT2D eigenvalue weighted by Gasteiger charge is -2.35. The number of hydrogen-bond donors (Lipinski definition) is 1. The van der Waals surface area contributed by atoms with E-state index in [9.17, 15) is 4.79 Å². The molecule has 1 fully saturated rings. The predicted molar refractivity (Wildman–Crippen MR) is 97.6 cm³/mol. The summed E-state index contributed by atoms with van der Waals surface area (Å²) in [5.41, 5.74) is 1.85. The summed E-state index contributed by atoms with van der Waals surface area (Å²) in [5.74, 6) is 0.955. The van der Waals surface area contributed by atoms with Crippen molar-refractivity contribution in [3.63, 3.8) is 0 Å². The number of imidazole rings is 2. The first-order valence-electron chi connectivity index (χ1n) is 8.76. The number of aryl methyl sites for hydroxylation is 1. The van der Waals surface area contributed by atoms with Gasteiger partial charge in [0, 0.05) is 63.6 Å². The summed E-state index contributed by atoms with van der Waals surface area (Å²) in [6.45, 7) is 2.94. The number of carbonyl (C=O) groups excluding carboxylic acids is 1. The van der Waals surface area contributed by atoms with Crippen molar-refractivity contribution in [1.29, 1.82) is 0 Å². The smallest absolute Gasteiger partial charge is 0.254 e. The zero-order valence-electron chi connectivity index (χ0n) is 14.7. The van der Waals surface area contributed by atoms with Gasteiger partial charge >= 0.3 is 0 Å². The minimum atomic E-state index is -0.0538. The molecule has 2 aromatic heterocycles. The maximum absolute atomic E-state index is 13.1. The molecule has 3 heterocycles. The van der Waals surface area contributed by atoms with E-state index >= 15 is 0 Å². The number of hydrogen-bond acceptors (Lipinski definition) is 4. The number of aromatic nitrogens is 4. The van der Waals surface area contributed by atoms with E-state index < -0.39 is 0 Å². The Bertz CT molecular complexity index is 868. The van der Waals surface area contributed by atoms with Crippen LogP contribution in [0.4, 0.5) is 0 Å². The van der Waals surface area contributed by atoms with Gasteiger partial charge in [-0.25, -0.2) is 9.97 Å². The Morgan fingerprint density at radius 2 is 2.08 bits per heavy atom. The number of carbonyl (C=O) groups is 1. The molecule has 0 bridgehead atoms. The van der Waals surface area contributed by atoms with Gasteiger partial charge in [-0.2, -0.15) is 0 Å². The van der Waals surface area contributed by atoms with E-state index in [1.165, 1.54) is 0 Å². The second-order valence-corrected chi connectivity index (χ2v) is 6.55. The summed E-state index contributed by atoms with van der Waals surface area (Å²) in [6, 6.07) is 7.77. The third kappa shape index (κ3) is 3.25. The predicted octanol–water partition coefficient (Wildman–Crippen LogP) is 1.45. The fourth-order valence-corrected chi connectivity index (χ4v) is 3.39. The number of rotatable bonds is 4. The lowest BCUT2D eigenvalue weighted by Crippen LogP contribution is -2.49. The summed E-state index contributed by atoms with van der Waals surface area (Å²) in [7, 11) is 1.96. The van der Waals surface area contributed by atoms with Crippen LogP contribution in [-0.2, 0) is 13.6 Å². The fraction of sp³-hybridized carbons (Fsp3) is 0.316. The van der Waals surface area contributed by atoms with Crippen molar-refractivity contribution in [3.8, 4) is 0 Å². The van der Waals surface area contributed by atoms with Gasteiger partial charge in [-0.05, 0) is 17.7 Å². The second kappa shape index (κ2) is 7.13. The Morgan fingerprint density at radius 1 is 1.23 bits per heavy atom. The Hall–Kier alpha value is -2.93. The summed E-state index contributed by atoms with van der Waals surface area (Å²) < 4.78 is 3.98. The molecule has 7 nitrogen and oxygen atoms in total. The third-order valence-electron chi connectivity index (χ3n) is 4.79. The molecule has 7 heteroatoms. The summed E-state index contributed by atoms with van der Waals surface area (Å²) >= 11 is 0. The van der Waals surface area contributed by atoms with Crippen LogP contribution in [0.5, 0.6) is 0 Å². The van der Waals surface area contributed by atoms with Crippen molar-refractivity contribution >= 4 is 5.91 Å². The molecule has 1 aliphatic heterocycles. The number of nitrogens with one attached hydrogen (secondary N) is 1. The average molecular weight is 350 g/mol. The molecule has 1 unspecified atom stereocenters. The molecule has 0 radical (unpaired) electrons. The normalized spacial score (nSPS) is 17.4. The van der Waals surface area contributed by atoms with Crippen LogP contribution < -0.4 is 5.32 Å². The van der Waals surface area contributed by atoms with E-state index in [4.69, 9.17) is 0 Å². The molecule has 26 heavy (non-hydrogen) atoms. The van der Waals surface area contributed by atoms with Crippen LogP contribution in [0, 0.1) is 0 Å². The molecule has 1 saturated heterocycles. The Kier molecular flexibility index (Phi) is 4.53. The van der Waals surface area contributed by atoms with Crippen molar-refractivity contribution in [2.45, 2.75) is 12.6 Å². The largest absolute Gasteiger partial charge is 0.336 e. The van der Waals surface area contributed by atoms with E-state index in [-0.39, 0.29) is 11.9 Å². The molecule has 134 valence electrons. The summed E-state index contributed by atoms with van der Waals surface area (Å²) in [6.07, 6.45) is 9.17. The van der Waals surface area contributed by atoms with Gasteiger partial charge in [0.2, 0.25) is 0 Å². The highest BCUT2D eigenvalue weighted by Crippen LogP contribution is 2.23. The van der Waals surface area contributed by atoms with Crippen LogP contribution in [0.3, 0.4) is 0 Å². The van der Waals surface area contributed by atoms with E-state index in [1.54, 1.807) is 18.7 Å². The summed E-state index contributed by atoms with van der Waals surface area (Å²) in [5, 5.41) is 3.36. The highest BCUT2D eigenvalue weighted by molar-refractivity contribution is 5.94. The SMILES string of the molecule is Cn1ccnc1C1CNCCN1C(=O)c1ccc(Cn2ccnc2)cc1. The van der Waals surface area contributed by atoms with Crippen molar-refractivity contribution in [2.75, 3.05) is 19.6 Å². The van der Waals surface area contributed by atoms with Gasteiger partial charge in [0.05, 0.1) is 6.33 Å². The van der Waals surface area contributed by atoms with Crippen molar-refractivity contribution in [3.05, 3.63) is 72.3 Å². The minimum Gasteiger partial charge on any atom is -0.336 e. The first kappa shape index (κ1) is 16.5. The third-order valence-corrected chi connectivity index (χ3v) is 4.79. The Morgan fingerprint density at radius 3 is 2.77 bits per heavy atom. The number of amides is 1. The molecular formula is C19H22N6O. The molecule has 3 aromatic rings. The van der Waals surface area contributed by atoms with Crippen molar-refractivity contribution in [1.82, 2.24) is 29.3 Å². The zero-order valence-corrected chi connectivity index (χ0v) is 14.7. The molecule has 1 N–H and O–H groups in total. The Balaban J connectivity index is 1.53. The number of benzene rings is 1. The zero-order chi connectivity index (χ0) is 17.9. The molecular weight excluding hydrogens is 328 g/mol. The van der Waals surface area contributed by atoms with Crippen LogP contribution in [0.2, 0.25) is 0 Å². The first-order valence-corrected chi connectivity index (χ1v) is 8.76. The highest BCUT2D eigenvalue weighted by Gasteiger charge is 2.30. The van der Waals surface area contributed by atoms with Gasteiger partial charge in [-0.1, -0.05) is 12.1 Å². The van der Waals surface area contributed by atoms with Crippen LogP contribution >= 0.6 is 0 Å². The van der Waals surface area contributed by atoms with Crippen LogP contribution in [0.15, 0.2) is 55.4 Å². The van der Waals surface area contributed by atoms with Gasteiger partial charge < -0.3 is 19.4 Å². The maximum Gasteiger partial charge on any atom is 0.254 e. The first-order chi connectivity index (χ1) is 12.7. The molecule has 0 aliphatic carbocycles. The van der Waals surface area contributed by atoms with Gasteiger partial charge in [-0.15, -0.1) is 0 Å².